The lowest BCUT2D eigenvalue weighted by Crippen LogP contribution is -2.16. The van der Waals surface area contributed by atoms with Gasteiger partial charge in [0, 0.05) is 5.39 Å². The fourth-order valence-electron chi connectivity index (χ4n) is 1.39. The number of nitrogens with zero attached hydrogens (tertiary/aromatic N) is 1. The van der Waals surface area contributed by atoms with E-state index >= 15 is 0 Å². The van der Waals surface area contributed by atoms with Gasteiger partial charge in [-0.15, -0.1) is 0 Å². The van der Waals surface area contributed by atoms with Crippen LogP contribution in [-0.4, -0.2) is 38.2 Å². The van der Waals surface area contributed by atoms with E-state index in [4.69, 9.17) is 15.3 Å². The molecule has 0 radical (unpaired) electrons. The minimum atomic E-state index is -1.43. The number of benzene rings is 1. The number of carboxylic acid groups (broad SMARTS) is 2. The van der Waals surface area contributed by atoms with Crippen LogP contribution in [0.3, 0.4) is 0 Å². The first-order valence-corrected chi connectivity index (χ1v) is 5.70. The summed E-state index contributed by atoms with van der Waals surface area (Å²) in [6, 6.07) is 5.91. The van der Waals surface area contributed by atoms with Crippen LogP contribution in [0.15, 0.2) is 35.3 Å². The van der Waals surface area contributed by atoms with Gasteiger partial charge in [0.05, 0.1) is 11.7 Å². The molecule has 2 aromatic rings. The molecule has 1 aromatic heterocycles. The molecule has 8 heteroatoms. The second-order valence-corrected chi connectivity index (χ2v) is 4.02. The van der Waals surface area contributed by atoms with Crippen molar-refractivity contribution in [2.75, 3.05) is 0 Å². The average Bonchev–Trinajstić information content (AvgIpc) is 2.43. The molecule has 0 saturated heterocycles. The van der Waals surface area contributed by atoms with Gasteiger partial charge in [-0.05, 0) is 19.1 Å². The van der Waals surface area contributed by atoms with E-state index in [9.17, 15) is 18.9 Å². The molecular formula is C13H12FNO6. The maximum absolute atomic E-state index is 13.3. The van der Waals surface area contributed by atoms with Crippen LogP contribution in [-0.2, 0) is 4.79 Å². The van der Waals surface area contributed by atoms with Gasteiger partial charge in [0.2, 0.25) is 5.43 Å². The number of fused-ring (bicyclic) bond motifs is 1. The highest BCUT2D eigenvalue weighted by atomic mass is 19.2. The second kappa shape index (κ2) is 6.62. The van der Waals surface area contributed by atoms with Gasteiger partial charge >= 0.3 is 11.9 Å². The predicted octanol–water partition coefficient (Wildman–Crippen LogP) is 0.884. The number of hydrogen-bond donors (Lipinski definition) is 3. The maximum Gasteiger partial charge on any atom is 0.341 e. The van der Waals surface area contributed by atoms with Crippen molar-refractivity contribution in [1.82, 2.24) is 4.79 Å². The van der Waals surface area contributed by atoms with Crippen molar-refractivity contribution in [1.29, 1.82) is 0 Å². The molecule has 1 heterocycles. The summed E-state index contributed by atoms with van der Waals surface area (Å²) in [5.74, 6) is -2.62. The Kier molecular flexibility index (Phi) is 5.14. The van der Waals surface area contributed by atoms with Crippen LogP contribution in [0.4, 0.5) is 4.48 Å². The van der Waals surface area contributed by atoms with Crippen LogP contribution in [0.25, 0.3) is 10.9 Å². The fraction of sp³-hybridized carbons (Fsp3) is 0.154. The molecule has 1 atom stereocenters. The van der Waals surface area contributed by atoms with Gasteiger partial charge in [0.1, 0.15) is 11.7 Å². The maximum atomic E-state index is 13.3. The van der Waals surface area contributed by atoms with Gasteiger partial charge in [-0.3, -0.25) is 4.79 Å². The molecule has 0 aliphatic carbocycles. The zero-order chi connectivity index (χ0) is 16.2. The number of aliphatic hydroxyl groups is 1. The highest BCUT2D eigenvalue weighted by Crippen LogP contribution is 2.11. The van der Waals surface area contributed by atoms with E-state index < -0.39 is 29.0 Å². The Bertz CT molecular complexity index is 737. The first kappa shape index (κ1) is 16.3. The van der Waals surface area contributed by atoms with Gasteiger partial charge in [0.25, 0.3) is 0 Å². The number of carbonyl (C=O) groups is 2. The van der Waals surface area contributed by atoms with Crippen LogP contribution in [0, 0.1) is 0 Å². The third-order valence-electron chi connectivity index (χ3n) is 2.45. The molecule has 0 aliphatic heterocycles. The second-order valence-electron chi connectivity index (χ2n) is 4.02. The normalized spacial score (nSPS) is 11.4. The van der Waals surface area contributed by atoms with Crippen LogP contribution < -0.4 is 5.43 Å². The number of para-hydroxylation sites is 1. The lowest BCUT2D eigenvalue weighted by Gasteiger charge is -2.02. The molecule has 0 bridgehead atoms. The highest BCUT2D eigenvalue weighted by Gasteiger charge is 2.13. The molecule has 112 valence electrons. The number of pyridine rings is 1. The Morgan fingerprint density at radius 3 is 2.24 bits per heavy atom. The van der Waals surface area contributed by atoms with E-state index in [1.807, 2.05) is 0 Å². The van der Waals surface area contributed by atoms with Crippen LogP contribution in [0.2, 0.25) is 0 Å². The van der Waals surface area contributed by atoms with Crippen molar-refractivity contribution < 1.29 is 29.4 Å². The zero-order valence-corrected chi connectivity index (χ0v) is 10.9. The van der Waals surface area contributed by atoms with Crippen LogP contribution in [0.1, 0.15) is 17.3 Å². The number of aromatic nitrogens is 1. The van der Waals surface area contributed by atoms with E-state index in [1.165, 1.54) is 19.1 Å². The van der Waals surface area contributed by atoms with Crippen LogP contribution >= 0.6 is 0 Å². The van der Waals surface area contributed by atoms with E-state index in [2.05, 4.69) is 0 Å². The molecule has 0 fully saturated rings. The number of halogens is 1. The Morgan fingerprint density at radius 2 is 1.76 bits per heavy atom. The third-order valence-corrected chi connectivity index (χ3v) is 2.45. The van der Waals surface area contributed by atoms with Gasteiger partial charge in [-0.1, -0.05) is 16.6 Å². The molecule has 1 unspecified atom stereocenters. The predicted molar refractivity (Wildman–Crippen MR) is 71.0 cm³/mol. The first-order chi connectivity index (χ1) is 9.75. The molecule has 2 rings (SSSR count). The third kappa shape index (κ3) is 3.86. The molecular weight excluding hydrogens is 285 g/mol. The zero-order valence-electron chi connectivity index (χ0n) is 10.9. The first-order valence-electron chi connectivity index (χ1n) is 5.70. The Labute approximate surface area is 117 Å². The van der Waals surface area contributed by atoms with E-state index in [0.717, 1.165) is 0 Å². The molecule has 1 aromatic carbocycles. The Morgan fingerprint density at radius 1 is 1.24 bits per heavy atom. The highest BCUT2D eigenvalue weighted by molar-refractivity contribution is 5.92. The number of hydrogen-bond acceptors (Lipinski definition) is 4. The van der Waals surface area contributed by atoms with Gasteiger partial charge in [0.15, 0.2) is 0 Å². The number of carboxylic acids is 2. The smallest absolute Gasteiger partial charge is 0.341 e. The fourth-order valence-corrected chi connectivity index (χ4v) is 1.39. The monoisotopic (exact) mass is 297 g/mol. The largest absolute Gasteiger partial charge is 0.479 e. The quantitative estimate of drug-likeness (QED) is 0.757. The number of aliphatic hydroxyl groups excluding tert-OH is 1. The van der Waals surface area contributed by atoms with E-state index in [-0.39, 0.29) is 15.7 Å². The molecule has 0 saturated carbocycles. The van der Waals surface area contributed by atoms with Crippen LogP contribution in [0.5, 0.6) is 0 Å². The molecule has 3 N–H and O–H groups in total. The summed E-state index contributed by atoms with van der Waals surface area (Å²) in [6.45, 7) is 1.20. The SMILES string of the molecule is CC(O)C(=O)O.O=C(O)c1cn(F)c2ccccc2c1=O. The van der Waals surface area contributed by atoms with Crippen molar-refractivity contribution in [3.63, 3.8) is 0 Å². The number of rotatable bonds is 2. The lowest BCUT2D eigenvalue weighted by molar-refractivity contribution is -0.145. The van der Waals surface area contributed by atoms with Crippen molar-refractivity contribution in [2.45, 2.75) is 13.0 Å². The van der Waals surface area contributed by atoms with E-state index in [1.54, 1.807) is 12.1 Å². The molecule has 7 nitrogen and oxygen atoms in total. The Hall–Kier alpha value is -2.74. The molecule has 0 amide bonds. The summed E-state index contributed by atoms with van der Waals surface area (Å²) in [7, 11) is 0. The summed E-state index contributed by atoms with van der Waals surface area (Å²) in [4.78, 5) is 31.8. The lowest BCUT2D eigenvalue weighted by atomic mass is 10.1. The summed E-state index contributed by atoms with van der Waals surface area (Å²) in [6.07, 6.45) is -0.558. The Balaban J connectivity index is 0.000000315. The summed E-state index contributed by atoms with van der Waals surface area (Å²) >= 11 is 0. The minimum absolute atomic E-state index is 0.0555. The summed E-state index contributed by atoms with van der Waals surface area (Å²) in [5, 5.41) is 24.5. The molecule has 21 heavy (non-hydrogen) atoms. The topological polar surface area (TPSA) is 117 Å². The standard InChI is InChI=1S/C10H6FNO3.C3H6O3/c11-12-5-7(10(14)15)9(13)6-3-1-2-4-8(6)12;1-2(4)3(5)6/h1-5H,(H,14,15);2,4H,1H3,(H,5,6). The summed E-state index contributed by atoms with van der Waals surface area (Å²) in [5.41, 5.74) is -1.18. The molecule has 0 aliphatic rings. The average molecular weight is 297 g/mol. The van der Waals surface area contributed by atoms with Crippen molar-refractivity contribution >= 4 is 22.8 Å². The number of aliphatic carboxylic acids is 1. The molecule has 0 spiro atoms. The summed E-state index contributed by atoms with van der Waals surface area (Å²) < 4.78 is 13.3. The minimum Gasteiger partial charge on any atom is -0.479 e. The van der Waals surface area contributed by atoms with Crippen molar-refractivity contribution in [3.8, 4) is 0 Å². The number of aromatic carboxylic acids is 1. The van der Waals surface area contributed by atoms with Gasteiger partial charge < -0.3 is 15.3 Å². The van der Waals surface area contributed by atoms with Gasteiger partial charge in [-0.2, -0.15) is 4.79 Å². The van der Waals surface area contributed by atoms with Gasteiger partial charge in [-0.25, -0.2) is 9.59 Å². The van der Waals surface area contributed by atoms with Crippen molar-refractivity contribution in [2.24, 2.45) is 0 Å². The van der Waals surface area contributed by atoms with E-state index in [0.29, 0.717) is 6.20 Å². The van der Waals surface area contributed by atoms with Crippen molar-refractivity contribution in [3.05, 3.63) is 46.2 Å².